The van der Waals surface area contributed by atoms with E-state index >= 15 is 0 Å². The molecule has 0 aliphatic carbocycles. The van der Waals surface area contributed by atoms with Crippen molar-refractivity contribution >= 4 is 15.9 Å². The van der Waals surface area contributed by atoms with Crippen molar-refractivity contribution in [3.63, 3.8) is 0 Å². The van der Waals surface area contributed by atoms with E-state index in [-0.39, 0.29) is 0 Å². The third kappa shape index (κ3) is 2.24. The Morgan fingerprint density at radius 3 is 3.00 bits per heavy atom. The van der Waals surface area contributed by atoms with Crippen LogP contribution in [0.2, 0.25) is 0 Å². The first-order valence-corrected chi connectivity index (χ1v) is 5.42. The molecule has 0 spiro atoms. The minimum Gasteiger partial charge on any atom is -0.330 e. The molecule has 2 aromatic rings. The summed E-state index contributed by atoms with van der Waals surface area (Å²) >= 11 is 3.39. The lowest BCUT2D eigenvalue weighted by Crippen LogP contribution is -2.10. The van der Waals surface area contributed by atoms with Crippen molar-refractivity contribution < 1.29 is 0 Å². The van der Waals surface area contributed by atoms with E-state index < -0.39 is 0 Å². The maximum absolute atomic E-state index is 5.52. The molecule has 0 radical (unpaired) electrons. The van der Waals surface area contributed by atoms with Gasteiger partial charge in [-0.3, -0.25) is 4.98 Å². The fourth-order valence-corrected chi connectivity index (χ4v) is 1.79. The van der Waals surface area contributed by atoms with Crippen LogP contribution in [0.15, 0.2) is 35.3 Å². The smallest absolute Gasteiger partial charge is 0.141 e. The largest absolute Gasteiger partial charge is 0.330 e. The van der Waals surface area contributed by atoms with E-state index in [2.05, 4.69) is 25.9 Å². The second-order valence-corrected chi connectivity index (χ2v) is 4.04. The zero-order valence-electron chi connectivity index (χ0n) is 8.10. The number of rotatable bonds is 3. The number of hydrogen-bond acceptors (Lipinski definition) is 3. The van der Waals surface area contributed by atoms with Gasteiger partial charge in [0.25, 0.3) is 0 Å². The Bertz CT molecular complexity index is 452. The van der Waals surface area contributed by atoms with E-state index in [1.165, 1.54) is 0 Å². The van der Waals surface area contributed by atoms with Gasteiger partial charge in [0.05, 0.1) is 0 Å². The van der Waals surface area contributed by atoms with Crippen LogP contribution >= 0.6 is 15.9 Å². The van der Waals surface area contributed by atoms with Crippen molar-refractivity contribution in [2.45, 2.75) is 6.54 Å². The van der Waals surface area contributed by atoms with Crippen molar-refractivity contribution in [2.24, 2.45) is 5.73 Å². The van der Waals surface area contributed by atoms with E-state index in [1.807, 2.05) is 16.8 Å². The summed E-state index contributed by atoms with van der Waals surface area (Å²) in [7, 11) is 0. The molecule has 0 bridgehead atoms. The lowest BCUT2D eigenvalue weighted by atomic mass is 10.3. The monoisotopic (exact) mass is 266 g/mol. The average molecular weight is 267 g/mol. The second kappa shape index (κ2) is 4.55. The third-order valence-corrected chi connectivity index (χ3v) is 2.48. The van der Waals surface area contributed by atoms with E-state index in [9.17, 15) is 0 Å². The van der Waals surface area contributed by atoms with E-state index in [0.29, 0.717) is 6.54 Å². The van der Waals surface area contributed by atoms with Crippen molar-refractivity contribution in [3.05, 3.63) is 35.3 Å². The SMILES string of the molecule is NCCn1ccnc1-c1cncc(Br)c1. The number of hydrogen-bond donors (Lipinski definition) is 1. The van der Waals surface area contributed by atoms with E-state index in [1.54, 1.807) is 18.6 Å². The van der Waals surface area contributed by atoms with Crippen LogP contribution in [0, 0.1) is 0 Å². The molecule has 0 aromatic carbocycles. The fraction of sp³-hybridized carbons (Fsp3) is 0.200. The molecule has 0 aliphatic heterocycles. The summed E-state index contributed by atoms with van der Waals surface area (Å²) < 4.78 is 2.96. The van der Waals surface area contributed by atoms with Crippen LogP contribution in [0.4, 0.5) is 0 Å². The third-order valence-electron chi connectivity index (χ3n) is 2.05. The second-order valence-electron chi connectivity index (χ2n) is 3.12. The van der Waals surface area contributed by atoms with Crippen LogP contribution in [0.3, 0.4) is 0 Å². The zero-order chi connectivity index (χ0) is 10.7. The first-order valence-electron chi connectivity index (χ1n) is 4.63. The van der Waals surface area contributed by atoms with Crippen LogP contribution in [0.1, 0.15) is 0 Å². The number of imidazole rings is 1. The number of aromatic nitrogens is 3. The van der Waals surface area contributed by atoms with Crippen molar-refractivity contribution in [3.8, 4) is 11.4 Å². The molecule has 2 N–H and O–H groups in total. The number of nitrogens with zero attached hydrogens (tertiary/aromatic N) is 3. The highest BCUT2D eigenvalue weighted by Crippen LogP contribution is 2.19. The highest BCUT2D eigenvalue weighted by Gasteiger charge is 2.05. The first kappa shape index (κ1) is 10.3. The molecule has 0 saturated carbocycles. The van der Waals surface area contributed by atoms with Gasteiger partial charge in [-0.1, -0.05) is 0 Å². The zero-order valence-corrected chi connectivity index (χ0v) is 9.68. The van der Waals surface area contributed by atoms with Crippen LogP contribution in [0.5, 0.6) is 0 Å². The van der Waals surface area contributed by atoms with Gasteiger partial charge in [-0.2, -0.15) is 0 Å². The quantitative estimate of drug-likeness (QED) is 0.920. The molecule has 4 nitrogen and oxygen atoms in total. The Kier molecular flexibility index (Phi) is 3.13. The van der Waals surface area contributed by atoms with Gasteiger partial charge >= 0.3 is 0 Å². The lowest BCUT2D eigenvalue weighted by molar-refractivity contribution is 0.715. The van der Waals surface area contributed by atoms with Crippen molar-refractivity contribution in [2.75, 3.05) is 6.54 Å². The molecule has 0 saturated heterocycles. The molecular weight excluding hydrogens is 256 g/mol. The van der Waals surface area contributed by atoms with Gasteiger partial charge < -0.3 is 10.3 Å². The van der Waals surface area contributed by atoms with Crippen LogP contribution < -0.4 is 5.73 Å². The van der Waals surface area contributed by atoms with Gasteiger partial charge in [-0.15, -0.1) is 0 Å². The molecule has 5 heteroatoms. The van der Waals surface area contributed by atoms with Gasteiger partial charge in [-0.05, 0) is 22.0 Å². The molecule has 0 fully saturated rings. The van der Waals surface area contributed by atoms with E-state index in [0.717, 1.165) is 22.4 Å². The maximum Gasteiger partial charge on any atom is 0.141 e. The summed E-state index contributed by atoms with van der Waals surface area (Å²) in [6.45, 7) is 1.37. The minimum absolute atomic E-state index is 0.602. The maximum atomic E-state index is 5.52. The summed E-state index contributed by atoms with van der Waals surface area (Å²) in [6, 6.07) is 1.99. The summed E-state index contributed by atoms with van der Waals surface area (Å²) in [5.74, 6) is 0.897. The van der Waals surface area contributed by atoms with Crippen LogP contribution in [0.25, 0.3) is 11.4 Å². The van der Waals surface area contributed by atoms with Crippen molar-refractivity contribution in [1.29, 1.82) is 0 Å². The van der Waals surface area contributed by atoms with Gasteiger partial charge in [0.2, 0.25) is 0 Å². The summed E-state index contributed by atoms with van der Waals surface area (Å²) in [5, 5.41) is 0. The molecule has 2 rings (SSSR count). The molecule has 2 aromatic heterocycles. The Labute approximate surface area is 96.3 Å². The Morgan fingerprint density at radius 2 is 2.27 bits per heavy atom. The fourth-order valence-electron chi connectivity index (χ4n) is 1.42. The topological polar surface area (TPSA) is 56.7 Å². The summed E-state index contributed by atoms with van der Waals surface area (Å²) in [6.07, 6.45) is 7.23. The van der Waals surface area contributed by atoms with Gasteiger partial charge in [-0.25, -0.2) is 4.98 Å². The Hall–Kier alpha value is -1.20. The number of pyridine rings is 1. The number of halogens is 1. The van der Waals surface area contributed by atoms with Gasteiger partial charge in [0.15, 0.2) is 0 Å². The first-order chi connectivity index (χ1) is 7.31. The average Bonchev–Trinajstić information content (AvgIpc) is 2.66. The predicted molar refractivity (Wildman–Crippen MR) is 62.2 cm³/mol. The van der Waals surface area contributed by atoms with E-state index in [4.69, 9.17) is 5.73 Å². The highest BCUT2D eigenvalue weighted by atomic mass is 79.9. The highest BCUT2D eigenvalue weighted by molar-refractivity contribution is 9.10. The Morgan fingerprint density at radius 1 is 1.40 bits per heavy atom. The Balaban J connectivity index is 2.40. The molecule has 0 amide bonds. The molecule has 15 heavy (non-hydrogen) atoms. The predicted octanol–water partition coefficient (Wildman–Crippen LogP) is 1.67. The summed E-state index contributed by atoms with van der Waals surface area (Å²) in [5.41, 5.74) is 6.51. The van der Waals surface area contributed by atoms with Gasteiger partial charge in [0, 0.05) is 47.9 Å². The minimum atomic E-state index is 0.602. The van der Waals surface area contributed by atoms with Crippen LogP contribution in [-0.4, -0.2) is 21.1 Å². The van der Waals surface area contributed by atoms with Crippen LogP contribution in [-0.2, 0) is 6.54 Å². The summed E-state index contributed by atoms with van der Waals surface area (Å²) in [4.78, 5) is 8.40. The number of nitrogens with two attached hydrogens (primary N) is 1. The normalized spacial score (nSPS) is 10.5. The standard InChI is InChI=1S/C10H11BrN4/c11-9-5-8(6-13-7-9)10-14-2-4-15(10)3-1-12/h2,4-7H,1,3,12H2. The molecule has 78 valence electrons. The van der Waals surface area contributed by atoms with Crippen molar-refractivity contribution in [1.82, 2.24) is 14.5 Å². The molecule has 2 heterocycles. The van der Waals surface area contributed by atoms with Gasteiger partial charge in [0.1, 0.15) is 5.82 Å². The molecule has 0 atom stereocenters. The molecular formula is C10H11BrN4. The molecule has 0 aliphatic rings. The lowest BCUT2D eigenvalue weighted by Gasteiger charge is -2.05. The molecule has 0 unspecified atom stereocenters.